The van der Waals surface area contributed by atoms with Crippen LogP contribution in [0.25, 0.3) is 0 Å². The standard InChI is InChI=1S/C13H17ClN2O3S/c1-8(17)10-4-5-11(14)13(6-10)20(18,19)16-12(7-15)9-2-3-9/h4-6,9,12,16H,2-3,7,15H2,1H3/t12-/m1/s1. The lowest BCUT2D eigenvalue weighted by Gasteiger charge is -2.17. The molecule has 5 nitrogen and oxygen atoms in total. The van der Waals surface area contributed by atoms with E-state index in [1.165, 1.54) is 25.1 Å². The van der Waals surface area contributed by atoms with Gasteiger partial charge < -0.3 is 5.73 Å². The third-order valence-electron chi connectivity index (χ3n) is 3.38. The third kappa shape index (κ3) is 3.38. The minimum atomic E-state index is -3.78. The van der Waals surface area contributed by atoms with Gasteiger partial charge in [-0.3, -0.25) is 4.79 Å². The van der Waals surface area contributed by atoms with Crippen molar-refractivity contribution in [1.29, 1.82) is 0 Å². The average Bonchev–Trinajstić information content (AvgIpc) is 3.20. The van der Waals surface area contributed by atoms with Crippen LogP contribution in [0.15, 0.2) is 23.1 Å². The number of nitrogens with two attached hydrogens (primary N) is 1. The number of nitrogens with one attached hydrogen (secondary N) is 1. The molecule has 110 valence electrons. The fourth-order valence-electron chi connectivity index (χ4n) is 2.03. The van der Waals surface area contributed by atoms with Crippen molar-refractivity contribution in [3.63, 3.8) is 0 Å². The Morgan fingerprint density at radius 3 is 2.65 bits per heavy atom. The maximum atomic E-state index is 12.4. The molecule has 1 fully saturated rings. The smallest absolute Gasteiger partial charge is 0.242 e. The van der Waals surface area contributed by atoms with Gasteiger partial charge in [-0.1, -0.05) is 11.6 Å². The van der Waals surface area contributed by atoms with Gasteiger partial charge in [-0.15, -0.1) is 0 Å². The fourth-order valence-corrected chi connectivity index (χ4v) is 3.87. The van der Waals surface area contributed by atoms with Gasteiger partial charge >= 0.3 is 0 Å². The summed E-state index contributed by atoms with van der Waals surface area (Å²) in [6.45, 7) is 1.62. The molecule has 3 N–H and O–H groups in total. The fraction of sp³-hybridized carbons (Fsp3) is 0.462. The summed E-state index contributed by atoms with van der Waals surface area (Å²) in [6, 6.07) is 3.94. The number of ketones is 1. The third-order valence-corrected chi connectivity index (χ3v) is 5.35. The summed E-state index contributed by atoms with van der Waals surface area (Å²) in [5.74, 6) is 0.0835. The number of hydrogen-bond donors (Lipinski definition) is 2. The molecule has 1 saturated carbocycles. The van der Waals surface area contributed by atoms with Crippen LogP contribution < -0.4 is 10.5 Å². The van der Waals surface area contributed by atoms with Crippen LogP contribution in [0.3, 0.4) is 0 Å². The number of halogens is 1. The molecule has 20 heavy (non-hydrogen) atoms. The van der Waals surface area contributed by atoms with Gasteiger partial charge in [0.05, 0.1) is 5.02 Å². The second kappa shape index (κ2) is 5.81. The number of hydrogen-bond acceptors (Lipinski definition) is 4. The average molecular weight is 317 g/mol. The second-order valence-corrected chi connectivity index (χ2v) is 7.09. The molecule has 0 bridgehead atoms. The monoisotopic (exact) mass is 316 g/mol. The van der Waals surface area contributed by atoms with Crippen molar-refractivity contribution >= 4 is 27.4 Å². The number of carbonyl (C=O) groups is 1. The first kappa shape index (κ1) is 15.4. The van der Waals surface area contributed by atoms with Crippen molar-refractivity contribution in [2.45, 2.75) is 30.7 Å². The van der Waals surface area contributed by atoms with Crippen molar-refractivity contribution in [3.8, 4) is 0 Å². The summed E-state index contributed by atoms with van der Waals surface area (Å²) >= 11 is 5.95. The van der Waals surface area contributed by atoms with Crippen LogP contribution in [0.5, 0.6) is 0 Å². The van der Waals surface area contributed by atoms with E-state index in [2.05, 4.69) is 4.72 Å². The highest BCUT2D eigenvalue weighted by atomic mass is 35.5. The summed E-state index contributed by atoms with van der Waals surface area (Å²) < 4.78 is 27.3. The topological polar surface area (TPSA) is 89.3 Å². The van der Waals surface area contributed by atoms with Crippen molar-refractivity contribution in [2.24, 2.45) is 11.7 Å². The van der Waals surface area contributed by atoms with Gasteiger partial charge in [0.15, 0.2) is 5.78 Å². The summed E-state index contributed by atoms with van der Waals surface area (Å²) in [7, 11) is -3.78. The summed E-state index contributed by atoms with van der Waals surface area (Å²) in [5.41, 5.74) is 5.91. The van der Waals surface area contributed by atoms with Gasteiger partial charge in [0.25, 0.3) is 0 Å². The second-order valence-electron chi connectivity index (χ2n) is 5.00. The van der Waals surface area contributed by atoms with Crippen LogP contribution in [0.1, 0.15) is 30.1 Å². The van der Waals surface area contributed by atoms with Crippen LogP contribution in [0.2, 0.25) is 5.02 Å². The predicted molar refractivity (Wildman–Crippen MR) is 77.3 cm³/mol. The lowest BCUT2D eigenvalue weighted by molar-refractivity contribution is 0.101. The first-order chi connectivity index (χ1) is 9.35. The lowest BCUT2D eigenvalue weighted by atomic mass is 10.1. The van der Waals surface area contributed by atoms with Gasteiger partial charge in [-0.05, 0) is 43.9 Å². The van der Waals surface area contributed by atoms with Gasteiger partial charge in [-0.2, -0.15) is 0 Å². The molecule has 0 saturated heterocycles. The molecule has 0 unspecified atom stereocenters. The van der Waals surface area contributed by atoms with Crippen LogP contribution >= 0.6 is 11.6 Å². The molecule has 0 aliphatic heterocycles. The molecule has 0 radical (unpaired) electrons. The van der Waals surface area contributed by atoms with Crippen LogP contribution in [-0.2, 0) is 10.0 Å². The SMILES string of the molecule is CC(=O)c1ccc(Cl)c(S(=O)(=O)N[C@H](CN)C2CC2)c1. The lowest BCUT2D eigenvalue weighted by Crippen LogP contribution is -2.41. The zero-order chi connectivity index (χ0) is 14.9. The van der Waals surface area contributed by atoms with E-state index in [0.717, 1.165) is 12.8 Å². The van der Waals surface area contributed by atoms with E-state index in [9.17, 15) is 13.2 Å². The first-order valence-electron chi connectivity index (χ1n) is 6.38. The minimum absolute atomic E-state index is 0.0778. The van der Waals surface area contributed by atoms with Gasteiger partial charge in [-0.25, -0.2) is 13.1 Å². The molecule has 7 heteroatoms. The van der Waals surface area contributed by atoms with E-state index >= 15 is 0 Å². The molecule has 1 aromatic carbocycles. The van der Waals surface area contributed by atoms with E-state index in [4.69, 9.17) is 17.3 Å². The zero-order valence-corrected chi connectivity index (χ0v) is 12.7. The molecule has 0 amide bonds. The van der Waals surface area contributed by atoms with Crippen LogP contribution in [0, 0.1) is 5.92 Å². The van der Waals surface area contributed by atoms with E-state index in [-0.39, 0.29) is 28.3 Å². The molecule has 0 spiro atoms. The maximum Gasteiger partial charge on any atom is 0.242 e. The molecule has 1 aliphatic carbocycles. The number of rotatable bonds is 6. The molecule has 1 aliphatic rings. The zero-order valence-electron chi connectivity index (χ0n) is 11.1. The predicted octanol–water partition coefficient (Wildman–Crippen LogP) is 1.56. The summed E-state index contributed by atoms with van der Waals surface area (Å²) in [5, 5.41) is 0.0917. The number of benzene rings is 1. The van der Waals surface area contributed by atoms with E-state index in [1.807, 2.05) is 0 Å². The Hall–Kier alpha value is -0.950. The summed E-state index contributed by atoms with van der Waals surface area (Å²) in [4.78, 5) is 11.3. The highest BCUT2D eigenvalue weighted by Gasteiger charge is 2.34. The number of sulfonamides is 1. The Bertz CT molecular complexity index is 627. The molecule has 0 heterocycles. The van der Waals surface area contributed by atoms with Crippen molar-refractivity contribution in [2.75, 3.05) is 6.54 Å². The number of carbonyl (C=O) groups excluding carboxylic acids is 1. The molecule has 1 atom stereocenters. The Kier molecular flexibility index (Phi) is 4.49. The highest BCUT2D eigenvalue weighted by Crippen LogP contribution is 2.33. The van der Waals surface area contributed by atoms with Gasteiger partial charge in [0.2, 0.25) is 10.0 Å². The highest BCUT2D eigenvalue weighted by molar-refractivity contribution is 7.89. The molecular formula is C13H17ClN2O3S. The van der Waals surface area contributed by atoms with Gasteiger partial charge in [0, 0.05) is 18.2 Å². The minimum Gasteiger partial charge on any atom is -0.329 e. The van der Waals surface area contributed by atoms with Crippen molar-refractivity contribution in [3.05, 3.63) is 28.8 Å². The molecule has 1 aromatic rings. The normalized spacial score (nSPS) is 16.9. The van der Waals surface area contributed by atoms with Crippen molar-refractivity contribution in [1.82, 2.24) is 4.72 Å². The molecule has 2 rings (SSSR count). The Morgan fingerprint density at radius 1 is 1.50 bits per heavy atom. The maximum absolute atomic E-state index is 12.4. The van der Waals surface area contributed by atoms with Gasteiger partial charge in [0.1, 0.15) is 4.90 Å². The van der Waals surface area contributed by atoms with E-state index < -0.39 is 10.0 Å². The Labute approximate surface area is 123 Å². The van der Waals surface area contributed by atoms with Crippen LogP contribution in [0.4, 0.5) is 0 Å². The Balaban J connectivity index is 2.32. The number of Topliss-reactive ketones (excluding diaryl/α,β-unsaturated/α-hetero) is 1. The molecule has 0 aromatic heterocycles. The van der Waals surface area contributed by atoms with E-state index in [0.29, 0.717) is 11.5 Å². The van der Waals surface area contributed by atoms with Crippen molar-refractivity contribution < 1.29 is 13.2 Å². The first-order valence-corrected chi connectivity index (χ1v) is 8.24. The quantitative estimate of drug-likeness (QED) is 0.779. The Morgan fingerprint density at radius 2 is 2.15 bits per heavy atom. The summed E-state index contributed by atoms with van der Waals surface area (Å²) in [6.07, 6.45) is 1.96. The van der Waals surface area contributed by atoms with E-state index in [1.54, 1.807) is 0 Å². The molecular weight excluding hydrogens is 300 g/mol. The largest absolute Gasteiger partial charge is 0.329 e. The van der Waals surface area contributed by atoms with Crippen LogP contribution in [-0.4, -0.2) is 26.8 Å².